The van der Waals surface area contributed by atoms with Crippen LogP contribution in [0, 0.1) is 13.8 Å². The number of Topliss-reactive ketones (excluding diaryl/α,β-unsaturated/α-hetero) is 1. The number of halogens is 1. The fourth-order valence-electron chi connectivity index (χ4n) is 4.35. The first kappa shape index (κ1) is 23.4. The normalized spacial score (nSPS) is 17.2. The highest BCUT2D eigenvalue weighted by atomic mass is 35.5. The van der Waals surface area contributed by atoms with Crippen LogP contribution in [0.1, 0.15) is 28.3 Å². The van der Waals surface area contributed by atoms with Crippen LogP contribution in [0.4, 0.5) is 5.69 Å². The number of nitrogens with zero attached hydrogens (tertiary/aromatic N) is 1. The van der Waals surface area contributed by atoms with Gasteiger partial charge in [-0.1, -0.05) is 47.5 Å². The molecule has 0 radical (unpaired) electrons. The lowest BCUT2D eigenvalue weighted by Crippen LogP contribution is -2.30. The van der Waals surface area contributed by atoms with E-state index in [2.05, 4.69) is 0 Å². The van der Waals surface area contributed by atoms with Crippen LogP contribution in [-0.4, -0.2) is 31.0 Å². The van der Waals surface area contributed by atoms with E-state index in [4.69, 9.17) is 21.1 Å². The van der Waals surface area contributed by atoms with Gasteiger partial charge in [-0.05, 0) is 49.7 Å². The van der Waals surface area contributed by atoms with Crippen LogP contribution in [0.15, 0.2) is 66.2 Å². The third-order valence-corrected chi connectivity index (χ3v) is 6.14. The lowest BCUT2D eigenvalue weighted by atomic mass is 9.94. The van der Waals surface area contributed by atoms with Crippen molar-refractivity contribution in [3.8, 4) is 11.5 Å². The van der Waals surface area contributed by atoms with E-state index in [1.807, 2.05) is 26.0 Å². The molecule has 3 aromatic carbocycles. The first-order valence-corrected chi connectivity index (χ1v) is 11.0. The summed E-state index contributed by atoms with van der Waals surface area (Å²) >= 11 is 6.18. The highest BCUT2D eigenvalue weighted by molar-refractivity contribution is 6.52. The molecule has 0 aliphatic carbocycles. The van der Waals surface area contributed by atoms with Gasteiger partial charge in [0.2, 0.25) is 0 Å². The Morgan fingerprint density at radius 1 is 0.941 bits per heavy atom. The number of carbonyl (C=O) groups excluding carboxylic acids is 2. The summed E-state index contributed by atoms with van der Waals surface area (Å²) in [5, 5.41) is 11.8. The van der Waals surface area contributed by atoms with Gasteiger partial charge in [-0.25, -0.2) is 0 Å². The Kier molecular flexibility index (Phi) is 6.35. The van der Waals surface area contributed by atoms with Crippen LogP contribution in [0.3, 0.4) is 0 Å². The van der Waals surface area contributed by atoms with Gasteiger partial charge in [-0.2, -0.15) is 0 Å². The van der Waals surface area contributed by atoms with E-state index in [1.54, 1.807) is 42.5 Å². The molecule has 0 aromatic heterocycles. The van der Waals surface area contributed by atoms with Crippen LogP contribution >= 0.6 is 11.6 Å². The second-order valence-electron chi connectivity index (χ2n) is 8.05. The lowest BCUT2D eigenvalue weighted by Gasteiger charge is -2.28. The molecule has 1 heterocycles. The van der Waals surface area contributed by atoms with Crippen molar-refractivity contribution < 1.29 is 24.2 Å². The van der Waals surface area contributed by atoms with Gasteiger partial charge < -0.3 is 14.6 Å². The first-order valence-electron chi connectivity index (χ1n) is 10.6. The smallest absolute Gasteiger partial charge is 0.300 e. The fourth-order valence-corrected chi connectivity index (χ4v) is 4.53. The largest absolute Gasteiger partial charge is 0.507 e. The summed E-state index contributed by atoms with van der Waals surface area (Å²) in [6, 6.07) is 16.5. The Morgan fingerprint density at radius 2 is 1.65 bits per heavy atom. The molecule has 0 spiro atoms. The number of aliphatic hydroxyl groups is 1. The van der Waals surface area contributed by atoms with Gasteiger partial charge in [0.25, 0.3) is 11.7 Å². The number of benzene rings is 3. The van der Waals surface area contributed by atoms with E-state index in [0.29, 0.717) is 27.8 Å². The van der Waals surface area contributed by atoms with Gasteiger partial charge in [-0.3, -0.25) is 14.5 Å². The first-order chi connectivity index (χ1) is 16.3. The van der Waals surface area contributed by atoms with E-state index in [9.17, 15) is 14.7 Å². The summed E-state index contributed by atoms with van der Waals surface area (Å²) in [5.74, 6) is -1.13. The number of anilines is 1. The average molecular weight is 478 g/mol. The number of hydrogen-bond donors (Lipinski definition) is 1. The van der Waals surface area contributed by atoms with Gasteiger partial charge in [0.1, 0.15) is 17.3 Å². The number of aliphatic hydroxyl groups excluding tert-OH is 1. The number of hydrogen-bond acceptors (Lipinski definition) is 5. The predicted octanol–water partition coefficient (Wildman–Crippen LogP) is 5.60. The summed E-state index contributed by atoms with van der Waals surface area (Å²) in [6.45, 7) is 3.83. The van der Waals surface area contributed by atoms with Crippen molar-refractivity contribution in [1.29, 1.82) is 0 Å². The molecule has 3 aromatic rings. The zero-order chi connectivity index (χ0) is 24.6. The molecule has 174 valence electrons. The molecular formula is C27H24ClNO5. The van der Waals surface area contributed by atoms with Gasteiger partial charge in [0.05, 0.1) is 31.4 Å². The molecule has 6 nitrogen and oxygen atoms in total. The minimum Gasteiger partial charge on any atom is -0.507 e. The second-order valence-corrected chi connectivity index (χ2v) is 8.48. The summed E-state index contributed by atoms with van der Waals surface area (Å²) in [5.41, 5.74) is 3.12. The van der Waals surface area contributed by atoms with E-state index in [0.717, 1.165) is 11.1 Å². The Hall–Kier alpha value is -3.77. The van der Waals surface area contributed by atoms with E-state index in [-0.39, 0.29) is 16.9 Å². The van der Waals surface area contributed by atoms with Crippen LogP contribution in [0.25, 0.3) is 5.76 Å². The van der Waals surface area contributed by atoms with Crippen molar-refractivity contribution in [1.82, 2.24) is 0 Å². The Morgan fingerprint density at radius 3 is 2.32 bits per heavy atom. The predicted molar refractivity (Wildman–Crippen MR) is 132 cm³/mol. The number of aryl methyl sites for hydroxylation is 2. The highest BCUT2D eigenvalue weighted by Gasteiger charge is 2.48. The Labute approximate surface area is 203 Å². The number of ether oxygens (including phenoxy) is 2. The molecule has 1 amide bonds. The van der Waals surface area contributed by atoms with E-state index >= 15 is 0 Å². The topological polar surface area (TPSA) is 76.1 Å². The lowest BCUT2D eigenvalue weighted by molar-refractivity contribution is -0.132. The summed E-state index contributed by atoms with van der Waals surface area (Å²) in [6.07, 6.45) is 0. The Bertz CT molecular complexity index is 1330. The third-order valence-electron chi connectivity index (χ3n) is 5.91. The standard InChI is InChI=1S/C27H24ClNO5/c1-15-9-11-20(16(2)13-15)29-24(18-7-5-6-8-21(18)33-3)23(26(31)27(29)32)25(30)19-14-17(28)10-12-22(19)34-4/h5-14,24,30H,1-4H3/b25-23+. The molecule has 1 unspecified atom stereocenters. The molecule has 1 fully saturated rings. The highest BCUT2D eigenvalue weighted by Crippen LogP contribution is 2.46. The van der Waals surface area contributed by atoms with Gasteiger partial charge in [0, 0.05) is 16.3 Å². The fraction of sp³-hybridized carbons (Fsp3) is 0.185. The number of ketones is 1. The molecule has 7 heteroatoms. The number of para-hydroxylation sites is 1. The molecule has 0 bridgehead atoms. The maximum Gasteiger partial charge on any atom is 0.300 e. The Balaban J connectivity index is 2.05. The van der Waals surface area contributed by atoms with Gasteiger partial charge in [0.15, 0.2) is 0 Å². The molecule has 1 aliphatic rings. The van der Waals surface area contributed by atoms with Gasteiger partial charge in [-0.15, -0.1) is 0 Å². The van der Waals surface area contributed by atoms with Crippen LogP contribution < -0.4 is 14.4 Å². The zero-order valence-corrected chi connectivity index (χ0v) is 20.0. The van der Waals surface area contributed by atoms with Gasteiger partial charge >= 0.3 is 0 Å². The molecule has 4 rings (SSSR count). The molecular weight excluding hydrogens is 454 g/mol. The monoisotopic (exact) mass is 477 g/mol. The van der Waals surface area contributed by atoms with Crippen molar-refractivity contribution in [3.05, 3.63) is 93.5 Å². The van der Waals surface area contributed by atoms with Crippen molar-refractivity contribution in [2.24, 2.45) is 0 Å². The van der Waals surface area contributed by atoms with E-state index < -0.39 is 17.7 Å². The third kappa shape index (κ3) is 3.90. The SMILES string of the molecule is COc1ccc(Cl)cc1/C(O)=C1\C(=O)C(=O)N(c2ccc(C)cc2C)C1c1ccccc1OC. The summed E-state index contributed by atoms with van der Waals surface area (Å²) in [7, 11) is 2.97. The summed E-state index contributed by atoms with van der Waals surface area (Å²) in [4.78, 5) is 28.3. The second kappa shape index (κ2) is 9.23. The quantitative estimate of drug-likeness (QED) is 0.294. The molecule has 34 heavy (non-hydrogen) atoms. The molecule has 1 saturated heterocycles. The summed E-state index contributed by atoms with van der Waals surface area (Å²) < 4.78 is 10.9. The molecule has 0 saturated carbocycles. The molecule has 1 aliphatic heterocycles. The van der Waals surface area contributed by atoms with Crippen molar-refractivity contribution in [3.63, 3.8) is 0 Å². The maximum atomic E-state index is 13.4. The van der Waals surface area contributed by atoms with Crippen molar-refractivity contribution in [2.45, 2.75) is 19.9 Å². The number of carbonyl (C=O) groups is 2. The van der Waals surface area contributed by atoms with Crippen molar-refractivity contribution >= 4 is 34.7 Å². The minimum atomic E-state index is -0.929. The number of amides is 1. The van der Waals surface area contributed by atoms with E-state index in [1.165, 1.54) is 25.2 Å². The molecule has 1 atom stereocenters. The number of rotatable bonds is 5. The van der Waals surface area contributed by atoms with Crippen LogP contribution in [0.5, 0.6) is 11.5 Å². The van der Waals surface area contributed by atoms with Crippen LogP contribution in [-0.2, 0) is 9.59 Å². The average Bonchev–Trinajstić information content (AvgIpc) is 3.08. The molecule has 1 N–H and O–H groups in total. The minimum absolute atomic E-state index is 0.0740. The van der Waals surface area contributed by atoms with Crippen LogP contribution in [0.2, 0.25) is 5.02 Å². The number of methoxy groups -OCH3 is 2. The van der Waals surface area contributed by atoms with Crippen molar-refractivity contribution in [2.75, 3.05) is 19.1 Å². The zero-order valence-electron chi connectivity index (χ0n) is 19.3. The maximum absolute atomic E-state index is 13.4.